The Bertz CT molecular complexity index is 1450. The molecule has 2 aromatic carbocycles. The fraction of sp³-hybridized carbons (Fsp3) is 0.250. The minimum absolute atomic E-state index is 0.0967. The molecule has 2 aromatic heterocycles. The summed E-state index contributed by atoms with van der Waals surface area (Å²) < 4.78 is 16.2. The van der Waals surface area contributed by atoms with Gasteiger partial charge in [-0.2, -0.15) is 0 Å². The molecule has 1 aliphatic rings. The monoisotopic (exact) mass is 543 g/mol. The zero-order valence-corrected chi connectivity index (χ0v) is 22.4. The van der Waals surface area contributed by atoms with Crippen molar-refractivity contribution in [3.05, 3.63) is 77.1 Å². The van der Waals surface area contributed by atoms with Crippen molar-refractivity contribution in [2.45, 2.75) is 0 Å². The van der Waals surface area contributed by atoms with Crippen LogP contribution in [0.2, 0.25) is 0 Å². The van der Waals surface area contributed by atoms with E-state index in [1.165, 1.54) is 0 Å². The lowest BCUT2D eigenvalue weighted by atomic mass is 10.2. The van der Waals surface area contributed by atoms with E-state index in [4.69, 9.17) is 19.2 Å². The summed E-state index contributed by atoms with van der Waals surface area (Å²) in [5.74, 6) is 2.85. The van der Waals surface area contributed by atoms with Gasteiger partial charge in [0.2, 0.25) is 11.7 Å². The molecule has 1 N–H and O–H groups in total. The number of nitrogens with one attached hydrogen (secondary N) is 1. The van der Waals surface area contributed by atoms with Crippen molar-refractivity contribution >= 4 is 28.8 Å². The number of non-ortho nitro benzene ring substituents is 1. The third-order valence-electron chi connectivity index (χ3n) is 6.65. The number of methoxy groups -OCH3 is 3. The van der Waals surface area contributed by atoms with E-state index in [1.807, 2.05) is 24.4 Å². The van der Waals surface area contributed by atoms with Gasteiger partial charge in [0.05, 0.1) is 31.9 Å². The van der Waals surface area contributed by atoms with E-state index in [0.29, 0.717) is 28.9 Å². The third kappa shape index (κ3) is 5.65. The standard InChI is InChI=1S/C28H29N7O5/c1-38-24-16-20(17-25(39-2)27(24)40-3)31-28-29-11-10-23(32-28)19-4-9-26(30-18-19)34-14-12-33(13-15-34)21-5-7-22(8-6-21)35(36)37/h4-11,16-18H,12-15H2,1-3H3,(H,29,31,32). The number of ether oxygens (including phenoxy) is 3. The molecule has 3 heterocycles. The van der Waals surface area contributed by atoms with Crippen LogP contribution in [-0.4, -0.2) is 67.4 Å². The Balaban J connectivity index is 1.24. The lowest BCUT2D eigenvalue weighted by Gasteiger charge is -2.36. The molecule has 0 bridgehead atoms. The van der Waals surface area contributed by atoms with Crippen LogP contribution in [-0.2, 0) is 0 Å². The second-order valence-corrected chi connectivity index (χ2v) is 8.96. The minimum Gasteiger partial charge on any atom is -0.493 e. The van der Waals surface area contributed by atoms with Crippen molar-refractivity contribution in [2.75, 3.05) is 62.6 Å². The van der Waals surface area contributed by atoms with Gasteiger partial charge in [0, 0.05) is 79.8 Å². The molecular formula is C28H29N7O5. The van der Waals surface area contributed by atoms with Gasteiger partial charge in [-0.25, -0.2) is 15.0 Å². The van der Waals surface area contributed by atoms with Gasteiger partial charge in [-0.1, -0.05) is 0 Å². The number of nitrogens with zero attached hydrogens (tertiary/aromatic N) is 6. The topological polar surface area (TPSA) is 128 Å². The van der Waals surface area contributed by atoms with Crippen LogP contribution in [0.1, 0.15) is 0 Å². The zero-order chi connectivity index (χ0) is 28.1. The maximum absolute atomic E-state index is 10.9. The van der Waals surface area contributed by atoms with E-state index in [9.17, 15) is 10.1 Å². The van der Waals surface area contributed by atoms with Gasteiger partial charge < -0.3 is 29.3 Å². The van der Waals surface area contributed by atoms with Crippen LogP contribution in [0.15, 0.2) is 67.0 Å². The highest BCUT2D eigenvalue weighted by Crippen LogP contribution is 2.40. The van der Waals surface area contributed by atoms with Gasteiger partial charge in [-0.05, 0) is 30.3 Å². The summed E-state index contributed by atoms with van der Waals surface area (Å²) in [7, 11) is 4.68. The van der Waals surface area contributed by atoms with Crippen LogP contribution in [0.3, 0.4) is 0 Å². The van der Waals surface area contributed by atoms with Gasteiger partial charge in [0.25, 0.3) is 5.69 Å². The third-order valence-corrected chi connectivity index (χ3v) is 6.65. The highest BCUT2D eigenvalue weighted by atomic mass is 16.6. The van der Waals surface area contributed by atoms with Gasteiger partial charge in [0.1, 0.15) is 5.82 Å². The van der Waals surface area contributed by atoms with Gasteiger partial charge in [0.15, 0.2) is 11.5 Å². The summed E-state index contributed by atoms with van der Waals surface area (Å²) in [5.41, 5.74) is 3.36. The zero-order valence-electron chi connectivity index (χ0n) is 22.4. The molecule has 0 unspecified atom stereocenters. The SMILES string of the molecule is COc1cc(Nc2nccc(-c3ccc(N4CCN(c5ccc([N+](=O)[O-])cc5)CC4)nc3)n2)cc(OC)c1OC. The quantitative estimate of drug-likeness (QED) is 0.236. The van der Waals surface area contributed by atoms with E-state index < -0.39 is 0 Å². The second-order valence-electron chi connectivity index (χ2n) is 8.96. The van der Waals surface area contributed by atoms with E-state index in [1.54, 1.807) is 63.9 Å². The molecule has 0 spiro atoms. The summed E-state index contributed by atoms with van der Waals surface area (Å²) in [6.07, 6.45) is 3.50. The maximum atomic E-state index is 10.9. The van der Waals surface area contributed by atoms with Crippen molar-refractivity contribution in [2.24, 2.45) is 0 Å². The normalized spacial score (nSPS) is 13.1. The molecule has 0 radical (unpaired) electrons. The molecule has 0 saturated carbocycles. The Hall–Kier alpha value is -5.13. The molecule has 0 atom stereocenters. The first-order valence-electron chi connectivity index (χ1n) is 12.6. The van der Waals surface area contributed by atoms with E-state index in [2.05, 4.69) is 25.1 Å². The van der Waals surface area contributed by atoms with Crippen LogP contribution < -0.4 is 29.3 Å². The van der Waals surface area contributed by atoms with Crippen molar-refractivity contribution in [3.8, 4) is 28.5 Å². The number of pyridine rings is 1. The number of rotatable bonds is 9. The summed E-state index contributed by atoms with van der Waals surface area (Å²) in [6, 6.07) is 16.1. The number of anilines is 4. The lowest BCUT2D eigenvalue weighted by Crippen LogP contribution is -2.46. The van der Waals surface area contributed by atoms with Crippen molar-refractivity contribution in [1.29, 1.82) is 0 Å². The predicted molar refractivity (Wildman–Crippen MR) is 152 cm³/mol. The highest BCUT2D eigenvalue weighted by molar-refractivity contribution is 5.67. The molecule has 1 aliphatic heterocycles. The lowest BCUT2D eigenvalue weighted by molar-refractivity contribution is -0.384. The molecule has 0 aliphatic carbocycles. The first-order valence-corrected chi connectivity index (χ1v) is 12.6. The molecule has 4 aromatic rings. The Morgan fingerprint density at radius 1 is 0.850 bits per heavy atom. The van der Waals surface area contributed by atoms with Gasteiger partial charge in [-0.3, -0.25) is 10.1 Å². The van der Waals surface area contributed by atoms with Crippen LogP contribution in [0, 0.1) is 10.1 Å². The van der Waals surface area contributed by atoms with Crippen molar-refractivity contribution in [3.63, 3.8) is 0 Å². The first-order chi connectivity index (χ1) is 19.5. The molecule has 206 valence electrons. The van der Waals surface area contributed by atoms with Crippen LogP contribution in [0.5, 0.6) is 17.2 Å². The van der Waals surface area contributed by atoms with Crippen molar-refractivity contribution < 1.29 is 19.1 Å². The van der Waals surface area contributed by atoms with Crippen molar-refractivity contribution in [1.82, 2.24) is 15.0 Å². The van der Waals surface area contributed by atoms with Crippen LogP contribution in [0.25, 0.3) is 11.3 Å². The Morgan fingerprint density at radius 2 is 1.52 bits per heavy atom. The largest absolute Gasteiger partial charge is 0.493 e. The first kappa shape index (κ1) is 26.5. The number of nitro groups is 1. The summed E-state index contributed by atoms with van der Waals surface area (Å²) in [4.78, 5) is 28.7. The number of piperazine rings is 1. The Kier molecular flexibility index (Phi) is 7.76. The Labute approximate surface area is 231 Å². The minimum atomic E-state index is -0.383. The molecular weight excluding hydrogens is 514 g/mol. The smallest absolute Gasteiger partial charge is 0.269 e. The Morgan fingerprint density at radius 3 is 2.10 bits per heavy atom. The molecule has 12 heteroatoms. The van der Waals surface area contributed by atoms with Gasteiger partial charge in [-0.15, -0.1) is 0 Å². The predicted octanol–water partition coefficient (Wildman–Crippen LogP) is 4.54. The fourth-order valence-electron chi connectivity index (χ4n) is 4.57. The number of hydrogen-bond acceptors (Lipinski definition) is 11. The highest BCUT2D eigenvalue weighted by Gasteiger charge is 2.19. The average Bonchev–Trinajstić information content (AvgIpc) is 3.01. The number of nitro benzene ring substituents is 1. The fourth-order valence-corrected chi connectivity index (χ4v) is 4.57. The molecule has 40 heavy (non-hydrogen) atoms. The number of hydrogen-bond donors (Lipinski definition) is 1. The summed E-state index contributed by atoms with van der Waals surface area (Å²) >= 11 is 0. The van der Waals surface area contributed by atoms with Crippen LogP contribution >= 0.6 is 0 Å². The molecule has 1 saturated heterocycles. The second kappa shape index (κ2) is 11.7. The number of benzene rings is 2. The van der Waals surface area contributed by atoms with Gasteiger partial charge >= 0.3 is 0 Å². The summed E-state index contributed by atoms with van der Waals surface area (Å²) in [6.45, 7) is 3.17. The summed E-state index contributed by atoms with van der Waals surface area (Å²) in [5, 5.41) is 14.1. The number of aromatic nitrogens is 3. The van der Waals surface area contributed by atoms with Crippen LogP contribution in [0.4, 0.5) is 28.8 Å². The molecule has 1 fully saturated rings. The molecule has 5 rings (SSSR count). The maximum Gasteiger partial charge on any atom is 0.269 e. The van der Waals surface area contributed by atoms with E-state index in [0.717, 1.165) is 48.9 Å². The molecule has 12 nitrogen and oxygen atoms in total. The average molecular weight is 544 g/mol. The van der Waals surface area contributed by atoms with E-state index in [-0.39, 0.29) is 10.6 Å². The van der Waals surface area contributed by atoms with E-state index >= 15 is 0 Å². The molecule has 0 amide bonds.